The van der Waals surface area contributed by atoms with Gasteiger partial charge in [-0.25, -0.2) is 9.97 Å². The Hall–Kier alpha value is -1.61. The summed E-state index contributed by atoms with van der Waals surface area (Å²) in [6.07, 6.45) is 5.50. The number of aromatic nitrogens is 2. The van der Waals surface area contributed by atoms with Crippen molar-refractivity contribution in [2.75, 3.05) is 5.32 Å². The lowest BCUT2D eigenvalue weighted by molar-refractivity contribution is 0.833. The Morgan fingerprint density at radius 3 is 2.81 bits per heavy atom. The molecule has 1 aliphatic rings. The zero-order chi connectivity index (χ0) is 14.8. The molecule has 0 atom stereocenters. The van der Waals surface area contributed by atoms with Gasteiger partial charge in [0.2, 0.25) is 0 Å². The highest BCUT2D eigenvalue weighted by atomic mass is 35.5. The van der Waals surface area contributed by atoms with Crippen molar-refractivity contribution < 1.29 is 0 Å². The van der Waals surface area contributed by atoms with Crippen LogP contribution in [0.15, 0.2) is 18.2 Å². The first kappa shape index (κ1) is 14.3. The fraction of sp³-hybridized carbons (Fsp3) is 0.412. The Labute approximate surface area is 130 Å². The number of fused-ring (bicyclic) bond motifs is 1. The van der Waals surface area contributed by atoms with Crippen LogP contribution in [0.3, 0.4) is 0 Å². The van der Waals surface area contributed by atoms with E-state index in [0.29, 0.717) is 5.15 Å². The average Bonchev–Trinajstić information content (AvgIpc) is 2.92. The molecule has 0 aliphatic heterocycles. The van der Waals surface area contributed by atoms with Crippen molar-refractivity contribution in [1.82, 2.24) is 9.97 Å². The van der Waals surface area contributed by atoms with E-state index in [9.17, 15) is 0 Å². The van der Waals surface area contributed by atoms with Crippen LogP contribution in [0.25, 0.3) is 0 Å². The van der Waals surface area contributed by atoms with E-state index >= 15 is 0 Å². The maximum absolute atomic E-state index is 6.22. The fourth-order valence-corrected chi connectivity index (χ4v) is 2.96. The smallest absolute Gasteiger partial charge is 0.138 e. The van der Waals surface area contributed by atoms with Crippen LogP contribution < -0.4 is 5.32 Å². The van der Waals surface area contributed by atoms with Crippen LogP contribution in [0, 0.1) is 6.92 Å². The molecule has 2 aromatic rings. The molecule has 0 amide bonds. The molecule has 0 saturated heterocycles. The molecule has 0 radical (unpaired) electrons. The van der Waals surface area contributed by atoms with Gasteiger partial charge in [-0.2, -0.15) is 0 Å². The number of rotatable bonds is 4. The summed E-state index contributed by atoms with van der Waals surface area (Å²) in [7, 11) is 0. The highest BCUT2D eigenvalue weighted by molar-refractivity contribution is 6.30. The number of hydrogen-bond acceptors (Lipinski definition) is 3. The van der Waals surface area contributed by atoms with E-state index in [0.717, 1.165) is 35.7 Å². The first-order chi connectivity index (χ1) is 10.2. The molecule has 4 heteroatoms. The number of nitrogens with one attached hydrogen (secondary N) is 1. The van der Waals surface area contributed by atoms with E-state index in [4.69, 9.17) is 11.6 Å². The lowest BCUT2D eigenvalue weighted by Gasteiger charge is -2.12. The van der Waals surface area contributed by atoms with Gasteiger partial charge in [0, 0.05) is 17.7 Å². The van der Waals surface area contributed by atoms with E-state index in [1.165, 1.54) is 30.4 Å². The summed E-state index contributed by atoms with van der Waals surface area (Å²) in [6, 6.07) is 6.58. The maximum atomic E-state index is 6.22. The largest absolute Gasteiger partial charge is 0.340 e. The van der Waals surface area contributed by atoms with Crippen LogP contribution in [-0.4, -0.2) is 9.97 Å². The zero-order valence-electron chi connectivity index (χ0n) is 12.5. The van der Waals surface area contributed by atoms with E-state index in [1.54, 1.807) is 0 Å². The fourth-order valence-electron chi connectivity index (χ4n) is 2.78. The normalized spacial score (nSPS) is 13.3. The van der Waals surface area contributed by atoms with Crippen LogP contribution in [0.1, 0.15) is 42.3 Å². The van der Waals surface area contributed by atoms with Crippen LogP contribution >= 0.6 is 11.6 Å². The molecule has 0 fully saturated rings. The number of hydrogen-bond donors (Lipinski definition) is 1. The van der Waals surface area contributed by atoms with Gasteiger partial charge >= 0.3 is 0 Å². The number of aryl methyl sites for hydroxylation is 3. The zero-order valence-corrected chi connectivity index (χ0v) is 13.3. The second-order valence-electron chi connectivity index (χ2n) is 5.62. The topological polar surface area (TPSA) is 37.8 Å². The molecule has 1 aliphatic carbocycles. The van der Waals surface area contributed by atoms with Crippen molar-refractivity contribution >= 4 is 23.1 Å². The van der Waals surface area contributed by atoms with Crippen molar-refractivity contribution in [3.63, 3.8) is 0 Å². The Morgan fingerprint density at radius 1 is 1.19 bits per heavy atom. The third kappa shape index (κ3) is 3.03. The van der Waals surface area contributed by atoms with Gasteiger partial charge in [0.25, 0.3) is 0 Å². The minimum atomic E-state index is 0.539. The van der Waals surface area contributed by atoms with Crippen molar-refractivity contribution in [3.8, 4) is 0 Å². The second-order valence-corrected chi connectivity index (χ2v) is 5.97. The SMILES string of the molecule is CCCc1nc(Cl)c(C)c(Nc2ccc3c(c2)CCC3)n1. The van der Waals surface area contributed by atoms with E-state index < -0.39 is 0 Å². The van der Waals surface area contributed by atoms with Crippen molar-refractivity contribution in [1.29, 1.82) is 0 Å². The van der Waals surface area contributed by atoms with Crippen LogP contribution in [-0.2, 0) is 19.3 Å². The van der Waals surface area contributed by atoms with Gasteiger partial charge in [0.1, 0.15) is 16.8 Å². The number of benzene rings is 1. The summed E-state index contributed by atoms with van der Waals surface area (Å²) in [5.41, 5.74) is 4.91. The molecule has 1 heterocycles. The number of halogens is 1. The molecule has 3 rings (SSSR count). The Balaban J connectivity index is 1.90. The molecule has 0 unspecified atom stereocenters. The van der Waals surface area contributed by atoms with Crippen molar-refractivity contribution in [2.24, 2.45) is 0 Å². The van der Waals surface area contributed by atoms with Gasteiger partial charge in [0.15, 0.2) is 0 Å². The maximum Gasteiger partial charge on any atom is 0.138 e. The number of anilines is 2. The average molecular weight is 302 g/mol. The number of nitrogens with zero attached hydrogens (tertiary/aromatic N) is 2. The molecular formula is C17H20ClN3. The molecule has 21 heavy (non-hydrogen) atoms. The summed E-state index contributed by atoms with van der Waals surface area (Å²) in [5, 5.41) is 3.94. The van der Waals surface area contributed by atoms with E-state index in [1.807, 2.05) is 6.92 Å². The summed E-state index contributed by atoms with van der Waals surface area (Å²) < 4.78 is 0. The first-order valence-corrected chi connectivity index (χ1v) is 7.97. The van der Waals surface area contributed by atoms with Gasteiger partial charge in [-0.1, -0.05) is 24.6 Å². The third-order valence-corrected chi connectivity index (χ3v) is 4.34. The third-order valence-electron chi connectivity index (χ3n) is 3.97. The lowest BCUT2D eigenvalue weighted by Crippen LogP contribution is -2.04. The summed E-state index contributed by atoms with van der Waals surface area (Å²) in [4.78, 5) is 8.94. The minimum absolute atomic E-state index is 0.539. The van der Waals surface area contributed by atoms with Gasteiger partial charge in [-0.3, -0.25) is 0 Å². The van der Waals surface area contributed by atoms with Crippen LogP contribution in [0.2, 0.25) is 5.15 Å². The van der Waals surface area contributed by atoms with Crippen molar-refractivity contribution in [3.05, 3.63) is 45.9 Å². The highest BCUT2D eigenvalue weighted by Gasteiger charge is 2.13. The first-order valence-electron chi connectivity index (χ1n) is 7.59. The van der Waals surface area contributed by atoms with Gasteiger partial charge in [-0.05, 0) is 55.9 Å². The quantitative estimate of drug-likeness (QED) is 0.837. The Bertz CT molecular complexity index is 667. The highest BCUT2D eigenvalue weighted by Crippen LogP contribution is 2.28. The summed E-state index contributed by atoms with van der Waals surface area (Å²) in [5.74, 6) is 1.62. The minimum Gasteiger partial charge on any atom is -0.340 e. The molecule has 1 N–H and O–H groups in total. The second kappa shape index (κ2) is 6.02. The summed E-state index contributed by atoms with van der Waals surface area (Å²) >= 11 is 6.22. The Kier molecular flexibility index (Phi) is 4.11. The monoisotopic (exact) mass is 301 g/mol. The molecule has 1 aromatic heterocycles. The van der Waals surface area contributed by atoms with Gasteiger partial charge < -0.3 is 5.32 Å². The molecule has 0 bridgehead atoms. The van der Waals surface area contributed by atoms with Gasteiger partial charge in [0.05, 0.1) is 0 Å². The molecule has 3 nitrogen and oxygen atoms in total. The van der Waals surface area contributed by atoms with E-state index in [-0.39, 0.29) is 0 Å². The van der Waals surface area contributed by atoms with Gasteiger partial charge in [-0.15, -0.1) is 0 Å². The summed E-state index contributed by atoms with van der Waals surface area (Å²) in [6.45, 7) is 4.07. The predicted octanol–water partition coefficient (Wildman–Crippen LogP) is 4.62. The van der Waals surface area contributed by atoms with Crippen molar-refractivity contribution in [2.45, 2.75) is 46.0 Å². The molecule has 0 saturated carbocycles. The molecule has 1 aromatic carbocycles. The standard InChI is InChI=1S/C17H20ClN3/c1-3-5-15-20-16(18)11(2)17(21-15)19-14-9-8-12-6-4-7-13(12)10-14/h8-10H,3-7H2,1-2H3,(H,19,20,21). The molecular weight excluding hydrogens is 282 g/mol. The Morgan fingerprint density at radius 2 is 2.00 bits per heavy atom. The van der Waals surface area contributed by atoms with Crippen LogP contribution in [0.5, 0.6) is 0 Å². The van der Waals surface area contributed by atoms with Crippen LogP contribution in [0.4, 0.5) is 11.5 Å². The molecule has 0 spiro atoms. The lowest BCUT2D eigenvalue weighted by atomic mass is 10.1. The molecule has 110 valence electrons. The van der Waals surface area contributed by atoms with E-state index in [2.05, 4.69) is 40.4 Å². The predicted molar refractivity (Wildman–Crippen MR) is 87.5 cm³/mol.